The summed E-state index contributed by atoms with van der Waals surface area (Å²) in [4.78, 5) is 26.1. The molecular formula is C18H19N5O2S. The van der Waals surface area contributed by atoms with Gasteiger partial charge in [0.1, 0.15) is 11.5 Å². The molecule has 0 aliphatic carbocycles. The van der Waals surface area contributed by atoms with Gasteiger partial charge in [-0.15, -0.1) is 0 Å². The van der Waals surface area contributed by atoms with Crippen molar-refractivity contribution in [2.24, 2.45) is 0 Å². The first kappa shape index (κ1) is 16.9. The third-order valence-electron chi connectivity index (χ3n) is 4.31. The maximum absolute atomic E-state index is 11.9. The van der Waals surface area contributed by atoms with E-state index in [1.807, 2.05) is 36.7 Å². The molecule has 1 aliphatic rings. The number of hydrogen-bond donors (Lipinski definition) is 2. The lowest BCUT2D eigenvalue weighted by Gasteiger charge is -2.27. The van der Waals surface area contributed by atoms with Crippen LogP contribution < -0.4 is 15.2 Å². The molecule has 0 saturated carbocycles. The topological polar surface area (TPSA) is 83.1 Å². The van der Waals surface area contributed by atoms with E-state index in [-0.39, 0.29) is 5.56 Å². The average Bonchev–Trinajstić information content (AvgIpc) is 2.69. The molecule has 0 unspecified atom stereocenters. The van der Waals surface area contributed by atoms with E-state index in [9.17, 15) is 4.79 Å². The molecule has 26 heavy (non-hydrogen) atoms. The lowest BCUT2D eigenvalue weighted by atomic mass is 10.1. The number of H-pyrrole nitrogens is 1. The van der Waals surface area contributed by atoms with E-state index in [2.05, 4.69) is 19.6 Å². The molecule has 3 aromatic rings. The Morgan fingerprint density at radius 3 is 2.85 bits per heavy atom. The number of nitrogens with one attached hydrogen (secondary N) is 2. The minimum absolute atomic E-state index is 0.140. The monoisotopic (exact) mass is 369 g/mol. The van der Waals surface area contributed by atoms with Crippen molar-refractivity contribution in [3.63, 3.8) is 0 Å². The Bertz CT molecular complexity index is 985. The van der Waals surface area contributed by atoms with Crippen LogP contribution in [0.25, 0.3) is 22.2 Å². The second kappa shape index (κ2) is 7.35. The summed E-state index contributed by atoms with van der Waals surface area (Å²) in [7, 11) is 0. The van der Waals surface area contributed by atoms with Crippen LogP contribution in [0.4, 0.5) is 11.5 Å². The molecule has 0 radical (unpaired) electrons. The van der Waals surface area contributed by atoms with E-state index in [0.717, 1.165) is 41.1 Å². The number of hydrogen-bond acceptors (Lipinski definition) is 7. The fraction of sp³-hybridized carbons (Fsp3) is 0.278. The fourth-order valence-electron chi connectivity index (χ4n) is 2.96. The molecule has 0 spiro atoms. The molecule has 134 valence electrons. The molecule has 1 aromatic carbocycles. The number of anilines is 2. The first-order valence-corrected chi connectivity index (χ1v) is 9.59. The molecule has 8 heteroatoms. The average molecular weight is 369 g/mol. The lowest BCUT2D eigenvalue weighted by molar-refractivity contribution is 0.122. The van der Waals surface area contributed by atoms with Crippen molar-refractivity contribution in [2.75, 3.05) is 42.2 Å². The number of rotatable bonds is 4. The molecule has 0 amide bonds. The summed E-state index contributed by atoms with van der Waals surface area (Å²) < 4.78 is 8.40. The smallest absolute Gasteiger partial charge is 0.272 e. The third-order valence-corrected chi connectivity index (χ3v) is 4.74. The van der Waals surface area contributed by atoms with E-state index < -0.39 is 0 Å². The summed E-state index contributed by atoms with van der Waals surface area (Å²) in [6.45, 7) is 3.07. The van der Waals surface area contributed by atoms with Gasteiger partial charge in [-0.25, -0.2) is 4.98 Å². The predicted octanol–water partition coefficient (Wildman–Crippen LogP) is 2.51. The van der Waals surface area contributed by atoms with E-state index in [1.165, 1.54) is 11.9 Å². The highest BCUT2D eigenvalue weighted by Crippen LogP contribution is 2.25. The lowest BCUT2D eigenvalue weighted by Crippen LogP contribution is -2.36. The molecule has 3 heterocycles. The Labute approximate surface area is 154 Å². The van der Waals surface area contributed by atoms with Crippen molar-refractivity contribution >= 4 is 34.5 Å². The van der Waals surface area contributed by atoms with Crippen molar-refractivity contribution in [1.29, 1.82) is 0 Å². The number of morpholine rings is 1. The Hall–Kier alpha value is -2.58. The number of ether oxygens (including phenoxy) is 1. The minimum Gasteiger partial charge on any atom is -0.378 e. The van der Waals surface area contributed by atoms with E-state index in [1.54, 1.807) is 6.20 Å². The van der Waals surface area contributed by atoms with Crippen molar-refractivity contribution in [1.82, 2.24) is 15.0 Å². The largest absolute Gasteiger partial charge is 0.378 e. The van der Waals surface area contributed by atoms with Crippen molar-refractivity contribution in [3.05, 3.63) is 47.0 Å². The zero-order valence-corrected chi connectivity index (χ0v) is 15.2. The SMILES string of the molecule is CSNc1cc(-c2ccc3ncc(N4CCOCC4)nc3c2)c[nH]c1=O. The second-order valence-corrected chi connectivity index (χ2v) is 6.58. The van der Waals surface area contributed by atoms with Crippen LogP contribution >= 0.6 is 11.9 Å². The van der Waals surface area contributed by atoms with Crippen LogP contribution in [0.3, 0.4) is 0 Å². The molecule has 0 bridgehead atoms. The van der Waals surface area contributed by atoms with Crippen LogP contribution in [0.2, 0.25) is 0 Å². The third kappa shape index (κ3) is 3.38. The number of fused-ring (bicyclic) bond motifs is 1. The van der Waals surface area contributed by atoms with Gasteiger partial charge in [0, 0.05) is 31.1 Å². The minimum atomic E-state index is -0.140. The van der Waals surface area contributed by atoms with E-state index >= 15 is 0 Å². The standard InChI is InChI=1S/C18H19N5O2S/c1-26-22-16-9-13(10-20-18(16)24)12-2-3-14-15(8-12)21-17(11-19-14)23-4-6-25-7-5-23/h2-3,8-11,22H,4-7H2,1H3,(H,20,24). The van der Waals surface area contributed by atoms with Crippen LogP contribution in [0, 0.1) is 0 Å². The molecule has 1 aliphatic heterocycles. The number of pyridine rings is 1. The van der Waals surface area contributed by atoms with Crippen molar-refractivity contribution in [3.8, 4) is 11.1 Å². The molecule has 2 N–H and O–H groups in total. The van der Waals surface area contributed by atoms with Gasteiger partial charge in [-0.3, -0.25) is 9.78 Å². The maximum atomic E-state index is 11.9. The molecule has 1 saturated heterocycles. The summed E-state index contributed by atoms with van der Waals surface area (Å²) in [6, 6.07) is 7.79. The van der Waals surface area contributed by atoms with Crippen LogP contribution in [0.1, 0.15) is 0 Å². The van der Waals surface area contributed by atoms with E-state index in [0.29, 0.717) is 18.9 Å². The van der Waals surface area contributed by atoms with Crippen LogP contribution in [-0.4, -0.2) is 47.5 Å². The Morgan fingerprint density at radius 1 is 1.19 bits per heavy atom. The number of aromatic nitrogens is 3. The van der Waals surface area contributed by atoms with Crippen LogP contribution in [0.5, 0.6) is 0 Å². The normalized spacial score (nSPS) is 14.6. The number of aromatic amines is 1. The van der Waals surface area contributed by atoms with Crippen LogP contribution in [-0.2, 0) is 4.74 Å². The van der Waals surface area contributed by atoms with Crippen LogP contribution in [0.15, 0.2) is 41.5 Å². The zero-order chi connectivity index (χ0) is 17.9. The van der Waals surface area contributed by atoms with Crippen molar-refractivity contribution < 1.29 is 4.74 Å². The van der Waals surface area contributed by atoms with Gasteiger partial charge in [-0.1, -0.05) is 18.0 Å². The van der Waals surface area contributed by atoms with E-state index in [4.69, 9.17) is 9.72 Å². The summed E-state index contributed by atoms with van der Waals surface area (Å²) in [5.41, 5.74) is 3.96. The molecule has 2 aromatic heterocycles. The van der Waals surface area contributed by atoms with Crippen molar-refractivity contribution in [2.45, 2.75) is 0 Å². The van der Waals surface area contributed by atoms with Gasteiger partial charge in [-0.2, -0.15) is 0 Å². The van der Waals surface area contributed by atoms with Gasteiger partial charge in [0.25, 0.3) is 5.56 Å². The van der Waals surface area contributed by atoms with Gasteiger partial charge in [0.05, 0.1) is 30.4 Å². The maximum Gasteiger partial charge on any atom is 0.272 e. The first-order chi connectivity index (χ1) is 12.7. The zero-order valence-electron chi connectivity index (χ0n) is 14.4. The van der Waals surface area contributed by atoms with Gasteiger partial charge >= 0.3 is 0 Å². The molecule has 0 atom stereocenters. The van der Waals surface area contributed by atoms with Gasteiger partial charge < -0.3 is 19.3 Å². The molecule has 7 nitrogen and oxygen atoms in total. The fourth-order valence-corrected chi connectivity index (χ4v) is 3.33. The quantitative estimate of drug-likeness (QED) is 0.684. The number of benzene rings is 1. The Kier molecular flexibility index (Phi) is 4.77. The predicted molar refractivity (Wildman–Crippen MR) is 106 cm³/mol. The summed E-state index contributed by atoms with van der Waals surface area (Å²) in [6.07, 6.45) is 5.41. The molecule has 4 rings (SSSR count). The first-order valence-electron chi connectivity index (χ1n) is 8.36. The summed E-state index contributed by atoms with van der Waals surface area (Å²) in [5.74, 6) is 0.865. The summed E-state index contributed by atoms with van der Waals surface area (Å²) >= 11 is 1.39. The number of nitrogens with zero attached hydrogens (tertiary/aromatic N) is 3. The highest BCUT2D eigenvalue weighted by atomic mass is 32.2. The molecular weight excluding hydrogens is 350 g/mol. The summed E-state index contributed by atoms with van der Waals surface area (Å²) in [5, 5.41) is 0. The van der Waals surface area contributed by atoms with Gasteiger partial charge in [0.15, 0.2) is 0 Å². The highest BCUT2D eigenvalue weighted by molar-refractivity contribution is 7.99. The second-order valence-electron chi connectivity index (χ2n) is 5.97. The highest BCUT2D eigenvalue weighted by Gasteiger charge is 2.13. The Morgan fingerprint density at radius 2 is 2.04 bits per heavy atom. The van der Waals surface area contributed by atoms with Gasteiger partial charge in [0.2, 0.25) is 0 Å². The molecule has 1 fully saturated rings. The van der Waals surface area contributed by atoms with Gasteiger partial charge in [-0.05, 0) is 23.8 Å². The Balaban J connectivity index is 1.72.